The Bertz CT molecular complexity index is 993. The molecule has 4 rings (SSSR count). The van der Waals surface area contributed by atoms with Gasteiger partial charge >= 0.3 is 0 Å². The van der Waals surface area contributed by atoms with E-state index in [2.05, 4.69) is 10.3 Å². The third kappa shape index (κ3) is 3.98. The van der Waals surface area contributed by atoms with Crippen LogP contribution in [-0.2, 0) is 4.79 Å². The number of fused-ring (bicyclic) bond motifs is 1. The van der Waals surface area contributed by atoms with Crippen molar-refractivity contribution in [2.24, 2.45) is 0 Å². The van der Waals surface area contributed by atoms with Crippen LogP contribution in [0.3, 0.4) is 0 Å². The Kier molecular flexibility index (Phi) is 5.66. The predicted octanol–water partition coefficient (Wildman–Crippen LogP) is 3.36. The average Bonchev–Trinajstić information content (AvgIpc) is 3.04. The number of rotatable bonds is 7. The molecule has 0 spiro atoms. The maximum Gasteiger partial charge on any atom is 0.261 e. The third-order valence-electron chi connectivity index (χ3n) is 5.09. The first-order valence-corrected chi connectivity index (χ1v) is 9.85. The van der Waals surface area contributed by atoms with Gasteiger partial charge in [0.2, 0.25) is 5.91 Å². The summed E-state index contributed by atoms with van der Waals surface area (Å²) >= 11 is 0. The zero-order valence-corrected chi connectivity index (χ0v) is 16.3. The molecule has 2 heterocycles. The number of imide groups is 1. The number of carbonyl (C=O) groups excluding carboxylic acids is 3. The highest BCUT2D eigenvalue weighted by atomic mass is 16.2. The molecule has 0 bridgehead atoms. The van der Waals surface area contributed by atoms with Crippen LogP contribution in [0.4, 0.5) is 0 Å². The number of hydrogen-bond acceptors (Lipinski definition) is 4. The second kappa shape index (κ2) is 8.69. The van der Waals surface area contributed by atoms with Gasteiger partial charge in [0.1, 0.15) is 0 Å². The molecule has 1 N–H and O–H groups in total. The number of carbonyl (C=O) groups is 3. The maximum atomic E-state index is 12.6. The Hall–Kier alpha value is -3.80. The normalized spacial score (nSPS) is 13.8. The summed E-state index contributed by atoms with van der Waals surface area (Å²) in [5.41, 5.74) is 2.53. The fourth-order valence-corrected chi connectivity index (χ4v) is 3.59. The summed E-state index contributed by atoms with van der Waals surface area (Å²) in [7, 11) is 0. The minimum atomic E-state index is -0.362. The lowest BCUT2D eigenvalue weighted by Gasteiger charge is -2.19. The molecule has 1 aromatic heterocycles. The van der Waals surface area contributed by atoms with Gasteiger partial charge in [-0.15, -0.1) is 0 Å². The average molecular weight is 399 g/mol. The topological polar surface area (TPSA) is 79.4 Å². The van der Waals surface area contributed by atoms with Crippen LogP contribution in [-0.4, -0.2) is 34.2 Å². The molecule has 6 heteroatoms. The number of nitrogens with zero attached hydrogens (tertiary/aromatic N) is 2. The van der Waals surface area contributed by atoms with E-state index in [0.717, 1.165) is 11.3 Å². The van der Waals surface area contributed by atoms with E-state index >= 15 is 0 Å². The molecule has 0 saturated carbocycles. The number of aromatic nitrogens is 1. The van der Waals surface area contributed by atoms with Crippen molar-refractivity contribution in [3.8, 4) is 0 Å². The quantitative estimate of drug-likeness (QED) is 0.618. The van der Waals surface area contributed by atoms with E-state index in [1.807, 2.05) is 48.5 Å². The second-order valence-corrected chi connectivity index (χ2v) is 7.08. The SMILES string of the molecule is O=C(CCCN1C(=O)c2ccccc2C1=O)N[C@@H](c1ccccc1)c1ccccn1. The molecule has 1 aliphatic heterocycles. The summed E-state index contributed by atoms with van der Waals surface area (Å²) < 4.78 is 0. The van der Waals surface area contributed by atoms with E-state index in [1.54, 1.807) is 30.5 Å². The number of pyridine rings is 1. The van der Waals surface area contributed by atoms with Crippen molar-refractivity contribution in [1.29, 1.82) is 0 Å². The molecule has 2 aromatic carbocycles. The first-order chi connectivity index (χ1) is 14.6. The number of benzene rings is 2. The first kappa shape index (κ1) is 19.5. The van der Waals surface area contributed by atoms with Gasteiger partial charge < -0.3 is 5.32 Å². The Labute approximate surface area is 174 Å². The van der Waals surface area contributed by atoms with Gasteiger partial charge in [-0.1, -0.05) is 48.5 Å². The van der Waals surface area contributed by atoms with Gasteiger partial charge in [-0.2, -0.15) is 0 Å². The van der Waals surface area contributed by atoms with Gasteiger partial charge in [-0.3, -0.25) is 24.3 Å². The van der Waals surface area contributed by atoms with Gasteiger partial charge in [0.05, 0.1) is 22.9 Å². The Morgan fingerprint density at radius 1 is 0.867 bits per heavy atom. The maximum absolute atomic E-state index is 12.6. The Morgan fingerprint density at radius 3 is 2.13 bits per heavy atom. The highest BCUT2D eigenvalue weighted by Crippen LogP contribution is 2.23. The van der Waals surface area contributed by atoms with Gasteiger partial charge in [-0.05, 0) is 36.2 Å². The van der Waals surface area contributed by atoms with Crippen molar-refractivity contribution in [1.82, 2.24) is 15.2 Å². The first-order valence-electron chi connectivity index (χ1n) is 9.85. The summed E-state index contributed by atoms with van der Waals surface area (Å²) in [6.07, 6.45) is 2.28. The smallest absolute Gasteiger partial charge is 0.261 e. The van der Waals surface area contributed by atoms with Crippen LogP contribution in [0.15, 0.2) is 79.0 Å². The molecule has 0 fully saturated rings. The fraction of sp³-hybridized carbons (Fsp3) is 0.167. The molecule has 1 aliphatic rings. The number of amides is 3. The van der Waals surface area contributed by atoms with Crippen molar-refractivity contribution < 1.29 is 14.4 Å². The summed E-state index contributed by atoms with van der Waals surface area (Å²) in [5, 5.41) is 3.02. The van der Waals surface area contributed by atoms with E-state index in [4.69, 9.17) is 0 Å². The lowest BCUT2D eigenvalue weighted by atomic mass is 10.0. The number of nitrogens with one attached hydrogen (secondary N) is 1. The van der Waals surface area contributed by atoms with Crippen molar-refractivity contribution in [2.45, 2.75) is 18.9 Å². The molecule has 3 amide bonds. The van der Waals surface area contributed by atoms with E-state index in [1.165, 1.54) is 4.90 Å². The molecule has 3 aromatic rings. The van der Waals surface area contributed by atoms with Gasteiger partial charge in [0.25, 0.3) is 11.8 Å². The Balaban J connectivity index is 1.38. The molecule has 6 nitrogen and oxygen atoms in total. The summed E-state index contributed by atoms with van der Waals surface area (Å²) in [6, 6.07) is 21.6. The van der Waals surface area contributed by atoms with Gasteiger partial charge in [0.15, 0.2) is 0 Å². The van der Waals surface area contributed by atoms with Crippen molar-refractivity contribution in [2.75, 3.05) is 6.54 Å². The standard InChI is InChI=1S/C24H21N3O3/c28-21(14-8-16-27-23(29)18-11-4-5-12-19(18)24(27)30)26-22(17-9-2-1-3-10-17)20-13-6-7-15-25-20/h1-7,9-13,15,22H,8,14,16H2,(H,26,28)/t22-/m0/s1. The zero-order chi connectivity index (χ0) is 20.9. The predicted molar refractivity (Wildman–Crippen MR) is 112 cm³/mol. The molecular weight excluding hydrogens is 378 g/mol. The molecule has 30 heavy (non-hydrogen) atoms. The molecule has 1 atom stereocenters. The van der Waals surface area contributed by atoms with Crippen molar-refractivity contribution >= 4 is 17.7 Å². The highest BCUT2D eigenvalue weighted by molar-refractivity contribution is 6.21. The van der Waals surface area contributed by atoms with E-state index in [0.29, 0.717) is 17.5 Å². The third-order valence-corrected chi connectivity index (χ3v) is 5.09. The molecule has 150 valence electrons. The molecule has 0 unspecified atom stereocenters. The van der Waals surface area contributed by atoms with E-state index in [9.17, 15) is 14.4 Å². The molecule has 0 saturated heterocycles. The second-order valence-electron chi connectivity index (χ2n) is 7.08. The van der Waals surface area contributed by atoms with E-state index < -0.39 is 0 Å². The monoisotopic (exact) mass is 399 g/mol. The molecule has 0 aliphatic carbocycles. The highest BCUT2D eigenvalue weighted by Gasteiger charge is 2.34. The Morgan fingerprint density at radius 2 is 1.50 bits per heavy atom. The van der Waals surface area contributed by atoms with Gasteiger partial charge in [-0.25, -0.2) is 0 Å². The lowest BCUT2D eigenvalue weighted by Crippen LogP contribution is -2.33. The van der Waals surface area contributed by atoms with Crippen LogP contribution in [0.1, 0.15) is 50.9 Å². The van der Waals surface area contributed by atoms with Crippen LogP contribution in [0, 0.1) is 0 Å². The van der Waals surface area contributed by atoms with Crippen LogP contribution in [0.5, 0.6) is 0 Å². The van der Waals surface area contributed by atoms with Crippen LogP contribution < -0.4 is 5.32 Å². The zero-order valence-electron chi connectivity index (χ0n) is 16.3. The fourth-order valence-electron chi connectivity index (χ4n) is 3.59. The van der Waals surface area contributed by atoms with Gasteiger partial charge in [0, 0.05) is 19.2 Å². The van der Waals surface area contributed by atoms with E-state index in [-0.39, 0.29) is 36.7 Å². The largest absolute Gasteiger partial charge is 0.344 e. The summed E-state index contributed by atoms with van der Waals surface area (Å²) in [4.78, 5) is 43.1. The summed E-state index contributed by atoms with van der Waals surface area (Å²) in [6.45, 7) is 0.208. The lowest BCUT2D eigenvalue weighted by molar-refractivity contribution is -0.121. The summed E-state index contributed by atoms with van der Waals surface area (Å²) in [5.74, 6) is -0.760. The van der Waals surface area contributed by atoms with Crippen LogP contribution >= 0.6 is 0 Å². The minimum Gasteiger partial charge on any atom is -0.344 e. The van der Waals surface area contributed by atoms with Crippen LogP contribution in [0.25, 0.3) is 0 Å². The molecule has 0 radical (unpaired) electrons. The van der Waals surface area contributed by atoms with Crippen molar-refractivity contribution in [3.63, 3.8) is 0 Å². The van der Waals surface area contributed by atoms with Crippen molar-refractivity contribution in [3.05, 3.63) is 101 Å². The molecular formula is C24H21N3O3. The van der Waals surface area contributed by atoms with Crippen LogP contribution in [0.2, 0.25) is 0 Å². The minimum absolute atomic E-state index is 0.161. The number of hydrogen-bond donors (Lipinski definition) is 1.